The van der Waals surface area contributed by atoms with Gasteiger partial charge in [0.05, 0.1) is 30.9 Å². The highest BCUT2D eigenvalue weighted by atomic mass is 19.3. The number of halogens is 5. The van der Waals surface area contributed by atoms with Gasteiger partial charge < -0.3 is 10.1 Å². The first-order valence-corrected chi connectivity index (χ1v) is 10.7. The molecule has 9 nitrogen and oxygen atoms in total. The van der Waals surface area contributed by atoms with Gasteiger partial charge in [0.1, 0.15) is 23.1 Å². The first-order chi connectivity index (χ1) is 16.6. The Morgan fingerprint density at radius 2 is 2.03 bits per heavy atom. The number of nitrogens with one attached hydrogen (secondary N) is 1. The van der Waals surface area contributed by atoms with Crippen molar-refractivity contribution in [1.29, 1.82) is 0 Å². The van der Waals surface area contributed by atoms with Gasteiger partial charge in [-0.15, -0.1) is 10.2 Å². The fourth-order valence-electron chi connectivity index (χ4n) is 4.29. The van der Waals surface area contributed by atoms with Crippen LogP contribution in [0, 0.1) is 5.82 Å². The van der Waals surface area contributed by atoms with Gasteiger partial charge in [-0.2, -0.15) is 4.98 Å². The molecule has 4 heterocycles. The molecule has 1 aliphatic rings. The molecule has 0 amide bonds. The van der Waals surface area contributed by atoms with Gasteiger partial charge in [-0.1, -0.05) is 11.3 Å². The summed E-state index contributed by atoms with van der Waals surface area (Å²) in [6.07, 6.45) is -1.61. The average molecular weight is 496 g/mol. The molecule has 0 bridgehead atoms. The van der Waals surface area contributed by atoms with Crippen LogP contribution in [0.1, 0.15) is 13.0 Å². The number of methoxy groups -OCH3 is 1. The summed E-state index contributed by atoms with van der Waals surface area (Å²) < 4.78 is 77.8. The number of anilines is 1. The number of alkyl halides is 4. The highest BCUT2D eigenvalue weighted by Gasteiger charge is 2.47. The number of fused-ring (bicyclic) bond motifs is 2. The third-order valence-electron chi connectivity index (χ3n) is 6.04. The van der Waals surface area contributed by atoms with Gasteiger partial charge in [-0.3, -0.25) is 4.90 Å². The zero-order valence-corrected chi connectivity index (χ0v) is 18.9. The van der Waals surface area contributed by atoms with Crippen LogP contribution in [0.25, 0.3) is 27.7 Å². The molecule has 1 aromatic carbocycles. The lowest BCUT2D eigenvalue weighted by Gasteiger charge is -2.19. The number of benzene rings is 1. The summed E-state index contributed by atoms with van der Waals surface area (Å²) in [5.41, 5.74) is 1.18. The van der Waals surface area contributed by atoms with Crippen molar-refractivity contribution in [3.63, 3.8) is 0 Å². The van der Waals surface area contributed by atoms with Crippen LogP contribution in [0.4, 0.5) is 27.9 Å². The molecule has 1 N–H and O–H groups in total. The molecule has 186 valence electrons. The third kappa shape index (κ3) is 3.90. The van der Waals surface area contributed by atoms with Crippen molar-refractivity contribution >= 4 is 22.5 Å². The SMILES string of the molecule is COc1nc(N[C@@H]2CN(C)CC2(F)F)nn2cc(F)c(-c3ccc4nnn([C@H](C)C(F)F)c4c3)c12. The van der Waals surface area contributed by atoms with Gasteiger partial charge in [0.2, 0.25) is 11.8 Å². The Morgan fingerprint density at radius 1 is 1.26 bits per heavy atom. The number of nitrogens with zero attached hydrogens (tertiary/aromatic N) is 7. The molecule has 1 aliphatic heterocycles. The van der Waals surface area contributed by atoms with E-state index in [-0.39, 0.29) is 29.5 Å². The number of likely N-dealkylation sites (N-methyl/N-ethyl adjacent to an activating group) is 1. The van der Waals surface area contributed by atoms with Gasteiger partial charge in [-0.05, 0) is 31.7 Å². The minimum atomic E-state index is -3.00. The molecule has 14 heteroatoms. The Hall–Kier alpha value is -3.55. The van der Waals surface area contributed by atoms with E-state index in [1.807, 2.05) is 0 Å². The van der Waals surface area contributed by atoms with Crippen molar-refractivity contribution in [2.45, 2.75) is 31.4 Å². The van der Waals surface area contributed by atoms with Gasteiger partial charge in [-0.25, -0.2) is 31.1 Å². The number of hydrogen-bond donors (Lipinski definition) is 1. The molecule has 0 aliphatic carbocycles. The Balaban J connectivity index is 1.60. The fraction of sp³-hybridized carbons (Fsp3) is 0.429. The molecule has 0 radical (unpaired) electrons. The molecule has 1 saturated heterocycles. The van der Waals surface area contributed by atoms with Crippen LogP contribution >= 0.6 is 0 Å². The predicted molar refractivity (Wildman–Crippen MR) is 117 cm³/mol. The first kappa shape index (κ1) is 23.2. The van der Waals surface area contributed by atoms with Crippen LogP contribution in [-0.2, 0) is 0 Å². The van der Waals surface area contributed by atoms with Crippen LogP contribution < -0.4 is 10.1 Å². The Bertz CT molecular complexity index is 1400. The lowest BCUT2D eigenvalue weighted by Crippen LogP contribution is -2.38. The van der Waals surface area contributed by atoms with Gasteiger partial charge >= 0.3 is 0 Å². The lowest BCUT2D eigenvalue weighted by atomic mass is 10.1. The quantitative estimate of drug-likeness (QED) is 0.409. The summed E-state index contributed by atoms with van der Waals surface area (Å²) in [5, 5.41) is 14.5. The van der Waals surface area contributed by atoms with Crippen molar-refractivity contribution in [2.24, 2.45) is 0 Å². The molecule has 4 aromatic rings. The van der Waals surface area contributed by atoms with Gasteiger partial charge in [0, 0.05) is 6.54 Å². The number of hydrogen-bond acceptors (Lipinski definition) is 7. The van der Waals surface area contributed by atoms with Crippen molar-refractivity contribution < 1.29 is 26.7 Å². The van der Waals surface area contributed by atoms with E-state index in [0.717, 1.165) is 15.4 Å². The van der Waals surface area contributed by atoms with Crippen molar-refractivity contribution in [3.8, 4) is 17.0 Å². The summed E-state index contributed by atoms with van der Waals surface area (Å²) in [6, 6.07) is 2.12. The summed E-state index contributed by atoms with van der Waals surface area (Å²) in [5.74, 6) is -3.90. The molecule has 3 aromatic heterocycles. The van der Waals surface area contributed by atoms with Gasteiger partial charge in [0.15, 0.2) is 5.82 Å². The molecular formula is C21H21F5N8O. The normalized spacial score (nSPS) is 19.2. The van der Waals surface area contributed by atoms with Crippen molar-refractivity contribution in [3.05, 3.63) is 30.2 Å². The standard InChI is InChI=1S/C21H21F5N8O/c1-10(18(23)24)34-14-6-11(4-5-13(14)29-31-34)16-12(22)7-33-17(16)19(35-3)28-20(30-33)27-15-8-32(2)9-21(15,25)26/h4-7,10,15,18H,8-9H2,1-3H3,(H,27,30)/t10-,15-/m1/s1. The molecule has 0 saturated carbocycles. The average Bonchev–Trinajstić information content (AvgIpc) is 3.43. The van der Waals surface area contributed by atoms with E-state index in [4.69, 9.17) is 4.74 Å². The van der Waals surface area contributed by atoms with E-state index >= 15 is 4.39 Å². The van der Waals surface area contributed by atoms with Crippen LogP contribution in [0.3, 0.4) is 0 Å². The minimum Gasteiger partial charge on any atom is -0.479 e. The lowest BCUT2D eigenvalue weighted by molar-refractivity contribution is 0.00582. The first-order valence-electron chi connectivity index (χ1n) is 10.7. The zero-order chi connectivity index (χ0) is 25.1. The second-order valence-electron chi connectivity index (χ2n) is 8.56. The Kier molecular flexibility index (Phi) is 5.49. The van der Waals surface area contributed by atoms with Crippen LogP contribution in [-0.4, -0.2) is 80.1 Å². The van der Waals surface area contributed by atoms with E-state index in [1.165, 1.54) is 31.1 Å². The smallest absolute Gasteiger partial charge is 0.281 e. The van der Waals surface area contributed by atoms with E-state index in [0.29, 0.717) is 16.6 Å². The molecular weight excluding hydrogens is 475 g/mol. The molecule has 1 fully saturated rings. The molecule has 2 atom stereocenters. The van der Waals surface area contributed by atoms with Crippen LogP contribution in [0.2, 0.25) is 0 Å². The van der Waals surface area contributed by atoms with Gasteiger partial charge in [0.25, 0.3) is 12.3 Å². The summed E-state index contributed by atoms with van der Waals surface area (Å²) in [7, 11) is 2.89. The number of aromatic nitrogens is 6. The topological polar surface area (TPSA) is 85.4 Å². The van der Waals surface area contributed by atoms with Crippen molar-refractivity contribution in [2.75, 3.05) is 32.6 Å². The molecule has 5 rings (SSSR count). The second-order valence-corrected chi connectivity index (χ2v) is 8.56. The maximum Gasteiger partial charge on any atom is 0.281 e. The van der Waals surface area contributed by atoms with Crippen molar-refractivity contribution in [1.82, 2.24) is 34.5 Å². The van der Waals surface area contributed by atoms with E-state index in [1.54, 1.807) is 13.1 Å². The van der Waals surface area contributed by atoms with Crippen LogP contribution in [0.15, 0.2) is 24.4 Å². The number of ether oxygens (including phenoxy) is 1. The molecule has 35 heavy (non-hydrogen) atoms. The minimum absolute atomic E-state index is 0.0521. The Morgan fingerprint density at radius 3 is 2.69 bits per heavy atom. The third-order valence-corrected chi connectivity index (χ3v) is 6.04. The zero-order valence-electron chi connectivity index (χ0n) is 18.9. The van der Waals surface area contributed by atoms with E-state index < -0.39 is 36.8 Å². The second kappa shape index (κ2) is 8.29. The number of likely N-dealkylation sites (tertiary alicyclic amines) is 1. The van der Waals surface area contributed by atoms with E-state index in [2.05, 4.69) is 25.7 Å². The highest BCUT2D eigenvalue weighted by molar-refractivity contribution is 5.89. The Labute approximate surface area is 195 Å². The molecule has 0 spiro atoms. The largest absolute Gasteiger partial charge is 0.479 e. The summed E-state index contributed by atoms with van der Waals surface area (Å²) >= 11 is 0. The maximum absolute atomic E-state index is 15.2. The highest BCUT2D eigenvalue weighted by Crippen LogP contribution is 2.36. The summed E-state index contributed by atoms with van der Waals surface area (Å²) in [4.78, 5) is 5.66. The molecule has 0 unspecified atom stereocenters. The van der Waals surface area contributed by atoms with Crippen LogP contribution in [0.5, 0.6) is 5.88 Å². The summed E-state index contributed by atoms with van der Waals surface area (Å²) in [6.45, 7) is 0.960. The van der Waals surface area contributed by atoms with E-state index in [9.17, 15) is 17.6 Å². The fourth-order valence-corrected chi connectivity index (χ4v) is 4.29. The number of rotatable bonds is 6. The predicted octanol–water partition coefficient (Wildman–Crippen LogP) is 3.48. The monoisotopic (exact) mass is 496 g/mol. The maximum atomic E-state index is 15.2.